The number of hydrogen-bond donors (Lipinski definition) is 3. The number of rotatable bonds is 0. The summed E-state index contributed by atoms with van der Waals surface area (Å²) in [6.45, 7) is 0.154. The zero-order valence-electron chi connectivity index (χ0n) is 7.56. The third-order valence-electron chi connectivity index (χ3n) is 2.28. The molecule has 14 heavy (non-hydrogen) atoms. The maximum atomic E-state index is 11.3. The minimum atomic E-state index is -0.636. The van der Waals surface area contributed by atoms with Crippen molar-refractivity contribution in [2.45, 2.75) is 18.5 Å². The Morgan fingerprint density at radius 1 is 1.64 bits per heavy atom. The molecule has 0 aromatic rings. The molecule has 76 valence electrons. The number of amides is 1. The molecule has 1 aliphatic carbocycles. The standard InChI is InChI=1S/C9H12N2O3/c10-6-4-14-8-3-5(12)1-2-7(8)11-9(6)13/h1,3,6-7,12H,2,4,10H2,(H,11,13)/t6-,7?/m0/s1. The third-order valence-corrected chi connectivity index (χ3v) is 2.28. The van der Waals surface area contributed by atoms with Gasteiger partial charge in [-0.2, -0.15) is 0 Å². The highest BCUT2D eigenvalue weighted by atomic mass is 16.5. The van der Waals surface area contributed by atoms with E-state index in [-0.39, 0.29) is 24.3 Å². The highest BCUT2D eigenvalue weighted by Gasteiger charge is 2.28. The van der Waals surface area contributed by atoms with Crippen molar-refractivity contribution in [1.82, 2.24) is 5.32 Å². The van der Waals surface area contributed by atoms with Crippen LogP contribution in [0.3, 0.4) is 0 Å². The lowest BCUT2D eigenvalue weighted by Crippen LogP contribution is -2.44. The summed E-state index contributed by atoms with van der Waals surface area (Å²) in [6, 6.07) is -0.824. The number of aliphatic hydroxyl groups excluding tert-OH is 1. The molecule has 5 heteroatoms. The summed E-state index contributed by atoms with van der Waals surface area (Å²) in [7, 11) is 0. The average Bonchev–Trinajstić information content (AvgIpc) is 2.29. The van der Waals surface area contributed by atoms with E-state index in [1.165, 1.54) is 6.08 Å². The van der Waals surface area contributed by atoms with Crippen molar-refractivity contribution >= 4 is 5.91 Å². The van der Waals surface area contributed by atoms with Crippen LogP contribution in [0.5, 0.6) is 0 Å². The predicted octanol–water partition coefficient (Wildman–Crippen LogP) is -0.442. The van der Waals surface area contributed by atoms with E-state index in [0.717, 1.165) is 0 Å². The van der Waals surface area contributed by atoms with Crippen LogP contribution < -0.4 is 11.1 Å². The van der Waals surface area contributed by atoms with E-state index >= 15 is 0 Å². The third kappa shape index (κ3) is 1.58. The fourth-order valence-electron chi connectivity index (χ4n) is 1.47. The Hall–Kier alpha value is -1.49. The molecule has 5 nitrogen and oxygen atoms in total. The predicted molar refractivity (Wildman–Crippen MR) is 49.3 cm³/mol. The molecule has 0 spiro atoms. The largest absolute Gasteiger partial charge is 0.508 e. The van der Waals surface area contributed by atoms with Crippen LogP contribution in [0.4, 0.5) is 0 Å². The Kier molecular flexibility index (Phi) is 2.17. The molecule has 2 rings (SSSR count). The molecule has 0 bridgehead atoms. The molecular formula is C9H12N2O3. The molecule has 2 aliphatic rings. The van der Waals surface area contributed by atoms with E-state index in [1.807, 2.05) is 0 Å². The van der Waals surface area contributed by atoms with Gasteiger partial charge in [0.25, 0.3) is 0 Å². The lowest BCUT2D eigenvalue weighted by molar-refractivity contribution is -0.122. The lowest BCUT2D eigenvalue weighted by atomic mass is 10.1. The second kappa shape index (κ2) is 3.34. The van der Waals surface area contributed by atoms with Gasteiger partial charge in [0.15, 0.2) is 0 Å². The van der Waals surface area contributed by atoms with E-state index in [0.29, 0.717) is 12.2 Å². The van der Waals surface area contributed by atoms with Gasteiger partial charge in [-0.15, -0.1) is 0 Å². The van der Waals surface area contributed by atoms with Crippen molar-refractivity contribution in [2.24, 2.45) is 5.73 Å². The number of aliphatic hydroxyl groups is 1. The molecule has 0 saturated carbocycles. The zero-order valence-corrected chi connectivity index (χ0v) is 7.56. The van der Waals surface area contributed by atoms with Crippen LogP contribution in [0.15, 0.2) is 23.7 Å². The van der Waals surface area contributed by atoms with E-state index < -0.39 is 6.04 Å². The number of carbonyl (C=O) groups is 1. The monoisotopic (exact) mass is 196 g/mol. The first-order valence-corrected chi connectivity index (χ1v) is 4.46. The average molecular weight is 196 g/mol. The zero-order chi connectivity index (χ0) is 10.1. The van der Waals surface area contributed by atoms with Crippen molar-refractivity contribution in [3.05, 3.63) is 23.7 Å². The Morgan fingerprint density at radius 2 is 2.43 bits per heavy atom. The summed E-state index contributed by atoms with van der Waals surface area (Å²) < 4.78 is 5.31. The molecule has 1 saturated heterocycles. The summed E-state index contributed by atoms with van der Waals surface area (Å²) >= 11 is 0. The van der Waals surface area contributed by atoms with Gasteiger partial charge in [-0.25, -0.2) is 0 Å². The number of ether oxygens (including phenoxy) is 1. The quantitative estimate of drug-likeness (QED) is 0.490. The van der Waals surface area contributed by atoms with Crippen LogP contribution in [-0.4, -0.2) is 29.7 Å². The maximum absolute atomic E-state index is 11.3. The molecule has 1 heterocycles. The van der Waals surface area contributed by atoms with Gasteiger partial charge >= 0.3 is 0 Å². The molecule has 0 aromatic carbocycles. The minimum absolute atomic E-state index is 0.154. The van der Waals surface area contributed by atoms with Gasteiger partial charge in [0.2, 0.25) is 5.91 Å². The van der Waals surface area contributed by atoms with Crippen molar-refractivity contribution in [1.29, 1.82) is 0 Å². The van der Waals surface area contributed by atoms with Gasteiger partial charge in [-0.05, 0) is 12.5 Å². The SMILES string of the molecule is N[C@H]1COC2=CC(O)=CCC2NC1=O. The van der Waals surface area contributed by atoms with Crippen molar-refractivity contribution < 1.29 is 14.6 Å². The number of allylic oxidation sites excluding steroid dienone is 1. The second-order valence-electron chi connectivity index (χ2n) is 3.39. The van der Waals surface area contributed by atoms with Gasteiger partial charge in [0.1, 0.15) is 24.2 Å². The second-order valence-corrected chi connectivity index (χ2v) is 3.39. The Morgan fingerprint density at radius 3 is 3.21 bits per heavy atom. The van der Waals surface area contributed by atoms with E-state index in [9.17, 15) is 9.90 Å². The van der Waals surface area contributed by atoms with E-state index in [1.54, 1.807) is 6.08 Å². The number of fused-ring (bicyclic) bond motifs is 1. The van der Waals surface area contributed by atoms with Gasteiger partial charge < -0.3 is 20.9 Å². The first kappa shape index (κ1) is 9.08. The highest BCUT2D eigenvalue weighted by Crippen LogP contribution is 2.19. The Balaban J connectivity index is 2.19. The first-order valence-electron chi connectivity index (χ1n) is 4.46. The van der Waals surface area contributed by atoms with E-state index in [4.69, 9.17) is 10.5 Å². The summed E-state index contributed by atoms with van der Waals surface area (Å²) in [5.41, 5.74) is 5.52. The number of carbonyl (C=O) groups excluding carboxylic acids is 1. The van der Waals surface area contributed by atoms with Gasteiger partial charge in [0.05, 0.1) is 6.04 Å². The summed E-state index contributed by atoms with van der Waals surface area (Å²) in [4.78, 5) is 11.3. The van der Waals surface area contributed by atoms with Crippen LogP contribution in [0, 0.1) is 0 Å². The van der Waals surface area contributed by atoms with E-state index in [2.05, 4.69) is 5.32 Å². The molecule has 1 aliphatic heterocycles. The first-order chi connectivity index (χ1) is 6.66. The molecular weight excluding hydrogens is 184 g/mol. The van der Waals surface area contributed by atoms with Gasteiger partial charge in [-0.1, -0.05) is 0 Å². The van der Waals surface area contributed by atoms with Crippen LogP contribution in [0.25, 0.3) is 0 Å². The Labute approximate surface area is 81.2 Å². The normalized spacial score (nSPS) is 31.6. The molecule has 2 atom stereocenters. The molecule has 1 fully saturated rings. The fraction of sp³-hybridized carbons (Fsp3) is 0.444. The summed E-state index contributed by atoms with van der Waals surface area (Å²) in [5, 5.41) is 12.0. The minimum Gasteiger partial charge on any atom is -0.508 e. The van der Waals surface area contributed by atoms with Gasteiger partial charge in [-0.3, -0.25) is 4.79 Å². The number of hydrogen-bond acceptors (Lipinski definition) is 4. The fourth-order valence-corrected chi connectivity index (χ4v) is 1.47. The van der Waals surface area contributed by atoms with Crippen LogP contribution in [-0.2, 0) is 9.53 Å². The van der Waals surface area contributed by atoms with Crippen molar-refractivity contribution in [2.75, 3.05) is 6.61 Å². The summed E-state index contributed by atoms with van der Waals surface area (Å²) in [5.74, 6) is 0.528. The molecule has 0 radical (unpaired) electrons. The Bertz CT molecular complexity index is 322. The topological polar surface area (TPSA) is 84.6 Å². The smallest absolute Gasteiger partial charge is 0.241 e. The molecule has 0 aromatic heterocycles. The maximum Gasteiger partial charge on any atom is 0.241 e. The highest BCUT2D eigenvalue weighted by molar-refractivity contribution is 5.82. The number of nitrogens with two attached hydrogens (primary N) is 1. The molecule has 4 N–H and O–H groups in total. The van der Waals surface area contributed by atoms with Crippen molar-refractivity contribution in [3.8, 4) is 0 Å². The molecule has 1 amide bonds. The van der Waals surface area contributed by atoms with Crippen LogP contribution >= 0.6 is 0 Å². The van der Waals surface area contributed by atoms with Crippen LogP contribution in [0.1, 0.15) is 6.42 Å². The summed E-state index contributed by atoms with van der Waals surface area (Å²) in [6.07, 6.45) is 3.68. The van der Waals surface area contributed by atoms with Gasteiger partial charge in [0, 0.05) is 6.08 Å². The molecule has 1 unspecified atom stereocenters. The number of nitrogens with one attached hydrogen (secondary N) is 1. The van der Waals surface area contributed by atoms with Crippen LogP contribution in [0.2, 0.25) is 0 Å². The van der Waals surface area contributed by atoms with Crippen molar-refractivity contribution in [3.63, 3.8) is 0 Å². The lowest BCUT2D eigenvalue weighted by Gasteiger charge is -2.19.